The Hall–Kier alpha value is -1.30. The predicted molar refractivity (Wildman–Crippen MR) is 77.8 cm³/mol. The monoisotopic (exact) mass is 301 g/mol. The van der Waals surface area contributed by atoms with E-state index in [4.69, 9.17) is 9.47 Å². The quantitative estimate of drug-likeness (QED) is 0.600. The molecule has 1 N–H and O–H groups in total. The number of aliphatic hydroxyl groups excluding tert-OH is 1. The summed E-state index contributed by atoms with van der Waals surface area (Å²) < 4.78 is 10.3. The van der Waals surface area contributed by atoms with Crippen LogP contribution in [0.1, 0.15) is 53.4 Å². The lowest BCUT2D eigenvalue weighted by Crippen LogP contribution is -2.61. The van der Waals surface area contributed by atoms with Crippen LogP contribution < -0.4 is 0 Å². The summed E-state index contributed by atoms with van der Waals surface area (Å²) >= 11 is 0. The Morgan fingerprint density at radius 3 is 2.57 bits per heavy atom. The van der Waals surface area contributed by atoms with Crippen LogP contribution in [-0.4, -0.2) is 53.0 Å². The molecule has 3 unspecified atom stereocenters. The number of esters is 1. The summed E-state index contributed by atoms with van der Waals surface area (Å²) in [5.41, 5.74) is -1.33. The summed E-state index contributed by atoms with van der Waals surface area (Å²) in [5, 5.41) is 10.2. The molecule has 0 aromatic heterocycles. The molecule has 1 amide bonds. The Balaban J connectivity index is 2.99. The van der Waals surface area contributed by atoms with E-state index in [1.807, 2.05) is 13.8 Å². The van der Waals surface area contributed by atoms with Crippen LogP contribution >= 0.6 is 0 Å². The molecule has 122 valence electrons. The fourth-order valence-electron chi connectivity index (χ4n) is 2.83. The second kappa shape index (κ2) is 7.64. The number of rotatable bonds is 6. The van der Waals surface area contributed by atoms with Gasteiger partial charge >= 0.3 is 12.1 Å². The van der Waals surface area contributed by atoms with Crippen LogP contribution in [0.5, 0.6) is 0 Å². The summed E-state index contributed by atoms with van der Waals surface area (Å²) in [6.07, 6.45) is 1.14. The standard InChI is InChI=1S/C15H27NO5/c1-5-7-10-21-14(19)16-11(3)8-9-15(16,12(4)17)13(18)20-6-2/h11-12,17H,5-10H2,1-4H3. The van der Waals surface area contributed by atoms with Crippen LogP contribution in [-0.2, 0) is 14.3 Å². The van der Waals surface area contributed by atoms with Gasteiger partial charge in [-0.25, -0.2) is 9.59 Å². The number of amides is 1. The maximum Gasteiger partial charge on any atom is 0.411 e. The van der Waals surface area contributed by atoms with E-state index >= 15 is 0 Å². The summed E-state index contributed by atoms with van der Waals surface area (Å²) in [4.78, 5) is 26.1. The molecule has 3 atom stereocenters. The number of nitrogens with zero attached hydrogens (tertiary/aromatic N) is 1. The van der Waals surface area contributed by atoms with Gasteiger partial charge < -0.3 is 14.6 Å². The van der Waals surface area contributed by atoms with Gasteiger partial charge in [-0.1, -0.05) is 13.3 Å². The van der Waals surface area contributed by atoms with Gasteiger partial charge in [0, 0.05) is 6.04 Å². The lowest BCUT2D eigenvalue weighted by Gasteiger charge is -2.39. The highest BCUT2D eigenvalue weighted by Gasteiger charge is 2.57. The second-order valence-electron chi connectivity index (χ2n) is 5.55. The zero-order chi connectivity index (χ0) is 16.0. The van der Waals surface area contributed by atoms with Crippen molar-refractivity contribution < 1.29 is 24.2 Å². The fraction of sp³-hybridized carbons (Fsp3) is 0.867. The average molecular weight is 301 g/mol. The minimum absolute atomic E-state index is 0.168. The van der Waals surface area contributed by atoms with Crippen molar-refractivity contribution in [2.75, 3.05) is 13.2 Å². The molecular weight excluding hydrogens is 274 g/mol. The van der Waals surface area contributed by atoms with Gasteiger partial charge in [0.25, 0.3) is 0 Å². The minimum atomic E-state index is -1.33. The molecule has 0 aromatic rings. The molecule has 0 spiro atoms. The van der Waals surface area contributed by atoms with E-state index in [1.165, 1.54) is 11.8 Å². The van der Waals surface area contributed by atoms with E-state index in [1.54, 1.807) is 6.92 Å². The number of carbonyl (C=O) groups excluding carboxylic acids is 2. The molecule has 1 heterocycles. The number of hydrogen-bond acceptors (Lipinski definition) is 5. The first kappa shape index (κ1) is 17.8. The molecule has 6 nitrogen and oxygen atoms in total. The van der Waals surface area contributed by atoms with E-state index < -0.39 is 23.7 Å². The third-order valence-electron chi connectivity index (χ3n) is 4.05. The van der Waals surface area contributed by atoms with Crippen molar-refractivity contribution in [3.05, 3.63) is 0 Å². The van der Waals surface area contributed by atoms with Crippen LogP contribution in [0.25, 0.3) is 0 Å². The molecule has 6 heteroatoms. The lowest BCUT2D eigenvalue weighted by atomic mass is 9.90. The molecule has 1 aliphatic rings. The van der Waals surface area contributed by atoms with E-state index in [-0.39, 0.29) is 12.6 Å². The maximum absolute atomic E-state index is 12.4. The van der Waals surface area contributed by atoms with E-state index in [0.29, 0.717) is 19.4 Å². The molecule has 0 radical (unpaired) electrons. The summed E-state index contributed by atoms with van der Waals surface area (Å²) in [6, 6.07) is -0.168. The molecule has 1 rings (SSSR count). The Bertz CT molecular complexity index is 371. The SMILES string of the molecule is CCCCOC(=O)N1C(C)CCC1(C(=O)OCC)C(C)O. The van der Waals surface area contributed by atoms with Gasteiger partial charge in [-0.15, -0.1) is 0 Å². The van der Waals surface area contributed by atoms with Gasteiger partial charge in [0.2, 0.25) is 0 Å². The highest BCUT2D eigenvalue weighted by molar-refractivity contribution is 5.87. The highest BCUT2D eigenvalue weighted by atomic mass is 16.6. The molecule has 0 aliphatic carbocycles. The zero-order valence-electron chi connectivity index (χ0n) is 13.4. The van der Waals surface area contributed by atoms with Crippen molar-refractivity contribution >= 4 is 12.1 Å². The number of aliphatic hydroxyl groups is 1. The zero-order valence-corrected chi connectivity index (χ0v) is 13.4. The van der Waals surface area contributed by atoms with Gasteiger partial charge in [-0.2, -0.15) is 0 Å². The van der Waals surface area contributed by atoms with Gasteiger partial charge in [0.15, 0.2) is 5.54 Å². The number of carbonyl (C=O) groups is 2. The first-order valence-corrected chi connectivity index (χ1v) is 7.73. The molecule has 0 saturated carbocycles. The largest absolute Gasteiger partial charge is 0.464 e. The third kappa shape index (κ3) is 3.48. The van der Waals surface area contributed by atoms with Crippen LogP contribution in [0.2, 0.25) is 0 Å². The fourth-order valence-corrected chi connectivity index (χ4v) is 2.83. The van der Waals surface area contributed by atoms with Crippen molar-refractivity contribution in [3.8, 4) is 0 Å². The molecule has 1 aliphatic heterocycles. The smallest absolute Gasteiger partial charge is 0.411 e. The Morgan fingerprint density at radius 1 is 1.38 bits per heavy atom. The molecule has 0 bridgehead atoms. The maximum atomic E-state index is 12.4. The van der Waals surface area contributed by atoms with Gasteiger partial charge in [0.05, 0.1) is 19.3 Å². The first-order valence-electron chi connectivity index (χ1n) is 7.73. The molecular formula is C15H27NO5. The highest BCUT2D eigenvalue weighted by Crippen LogP contribution is 2.38. The van der Waals surface area contributed by atoms with E-state index in [2.05, 4.69) is 0 Å². The number of likely N-dealkylation sites (tertiary alicyclic amines) is 1. The third-order valence-corrected chi connectivity index (χ3v) is 4.05. The van der Waals surface area contributed by atoms with Crippen molar-refractivity contribution in [3.63, 3.8) is 0 Å². The second-order valence-corrected chi connectivity index (χ2v) is 5.55. The topological polar surface area (TPSA) is 76.1 Å². The van der Waals surface area contributed by atoms with Crippen molar-refractivity contribution in [1.29, 1.82) is 0 Å². The Kier molecular flexibility index (Phi) is 6.45. The van der Waals surface area contributed by atoms with Crippen LogP contribution in [0.3, 0.4) is 0 Å². The van der Waals surface area contributed by atoms with Crippen LogP contribution in [0, 0.1) is 0 Å². The van der Waals surface area contributed by atoms with Crippen molar-refractivity contribution in [1.82, 2.24) is 4.90 Å². The Morgan fingerprint density at radius 2 is 2.05 bits per heavy atom. The van der Waals surface area contributed by atoms with Crippen molar-refractivity contribution in [2.45, 2.75) is 71.1 Å². The predicted octanol–water partition coefficient (Wildman–Crippen LogP) is 2.09. The van der Waals surface area contributed by atoms with E-state index in [9.17, 15) is 14.7 Å². The first-order chi connectivity index (χ1) is 9.91. The summed E-state index contributed by atoms with van der Waals surface area (Å²) in [5.74, 6) is -0.559. The normalized spacial score (nSPS) is 26.5. The van der Waals surface area contributed by atoms with Crippen molar-refractivity contribution in [2.24, 2.45) is 0 Å². The van der Waals surface area contributed by atoms with Gasteiger partial charge in [0.1, 0.15) is 0 Å². The minimum Gasteiger partial charge on any atom is -0.464 e. The van der Waals surface area contributed by atoms with Gasteiger partial charge in [-0.3, -0.25) is 4.90 Å². The van der Waals surface area contributed by atoms with Gasteiger partial charge in [-0.05, 0) is 40.0 Å². The number of unbranched alkanes of at least 4 members (excludes halogenated alkanes) is 1. The lowest BCUT2D eigenvalue weighted by molar-refractivity contribution is -0.163. The molecule has 21 heavy (non-hydrogen) atoms. The number of hydrogen-bond donors (Lipinski definition) is 1. The van der Waals surface area contributed by atoms with Crippen LogP contribution in [0.15, 0.2) is 0 Å². The summed E-state index contributed by atoms with van der Waals surface area (Å²) in [6.45, 7) is 7.60. The van der Waals surface area contributed by atoms with Crippen LogP contribution in [0.4, 0.5) is 4.79 Å². The summed E-state index contributed by atoms with van der Waals surface area (Å²) in [7, 11) is 0. The number of ether oxygens (including phenoxy) is 2. The molecule has 0 aromatic carbocycles. The molecule has 1 saturated heterocycles. The van der Waals surface area contributed by atoms with E-state index in [0.717, 1.165) is 12.8 Å². The Labute approximate surface area is 126 Å². The average Bonchev–Trinajstić information content (AvgIpc) is 2.78. The molecule has 1 fully saturated rings.